The first-order valence-corrected chi connectivity index (χ1v) is 12.2. The van der Waals surface area contributed by atoms with Gasteiger partial charge < -0.3 is 14.2 Å². The molecule has 1 aromatic heterocycles. The van der Waals surface area contributed by atoms with E-state index < -0.39 is 0 Å². The molecule has 0 saturated carbocycles. The Hall–Kier alpha value is -3.64. The normalized spacial score (nSPS) is 11.6. The van der Waals surface area contributed by atoms with E-state index in [9.17, 15) is 4.79 Å². The summed E-state index contributed by atoms with van der Waals surface area (Å²) in [5.41, 5.74) is 3.82. The number of aryl methyl sites for hydroxylation is 1. The summed E-state index contributed by atoms with van der Waals surface area (Å²) in [4.78, 5) is 18.1. The Morgan fingerprint density at radius 2 is 1.67 bits per heavy atom. The summed E-state index contributed by atoms with van der Waals surface area (Å²) in [5.74, 6) is 2.24. The van der Waals surface area contributed by atoms with Gasteiger partial charge in [-0.3, -0.25) is 9.36 Å². The topological polar surface area (TPSA) is 62.6 Å². The molecule has 0 aliphatic heterocycles. The fourth-order valence-electron chi connectivity index (χ4n) is 4.16. The molecule has 0 amide bonds. The molecule has 0 unspecified atom stereocenters. The van der Waals surface area contributed by atoms with Gasteiger partial charge in [-0.15, -0.1) is 0 Å². The van der Waals surface area contributed by atoms with Gasteiger partial charge in [0.2, 0.25) is 0 Å². The molecule has 0 radical (unpaired) electrons. The van der Waals surface area contributed by atoms with Crippen LogP contribution in [0.25, 0.3) is 22.3 Å². The second-order valence-corrected chi connectivity index (χ2v) is 9.85. The number of methoxy groups -OCH3 is 1. The molecule has 0 atom stereocenters. The first kappa shape index (κ1) is 25.5. The van der Waals surface area contributed by atoms with Gasteiger partial charge in [-0.1, -0.05) is 50.6 Å². The monoisotopic (exact) mass is 486 g/mol. The Kier molecular flexibility index (Phi) is 7.75. The lowest BCUT2D eigenvalue weighted by atomic mass is 9.85. The molecule has 36 heavy (non-hydrogen) atoms. The quantitative estimate of drug-likeness (QED) is 0.281. The molecule has 0 aliphatic carbocycles. The van der Waals surface area contributed by atoms with Crippen LogP contribution in [-0.2, 0) is 16.7 Å². The van der Waals surface area contributed by atoms with Crippen molar-refractivity contribution in [3.05, 3.63) is 88.2 Å². The van der Waals surface area contributed by atoms with Gasteiger partial charge in [0.15, 0.2) is 0 Å². The number of nitrogens with zero attached hydrogens (tertiary/aromatic N) is 2. The van der Waals surface area contributed by atoms with E-state index in [1.165, 1.54) is 11.1 Å². The fourth-order valence-corrected chi connectivity index (χ4v) is 4.16. The summed E-state index contributed by atoms with van der Waals surface area (Å²) in [7, 11) is 1.63. The van der Waals surface area contributed by atoms with E-state index in [1.54, 1.807) is 11.7 Å². The van der Waals surface area contributed by atoms with Crippen molar-refractivity contribution in [1.29, 1.82) is 0 Å². The molecule has 4 aromatic rings. The van der Waals surface area contributed by atoms with E-state index in [1.807, 2.05) is 54.6 Å². The molecule has 0 saturated heterocycles. The van der Waals surface area contributed by atoms with Crippen LogP contribution in [0.3, 0.4) is 0 Å². The second kappa shape index (κ2) is 11.0. The van der Waals surface area contributed by atoms with Crippen molar-refractivity contribution in [2.75, 3.05) is 26.9 Å². The third-order valence-electron chi connectivity index (χ3n) is 6.10. The number of benzene rings is 3. The van der Waals surface area contributed by atoms with Crippen LogP contribution in [0.1, 0.15) is 31.9 Å². The summed E-state index contributed by atoms with van der Waals surface area (Å²) in [6.07, 6.45) is 0. The molecule has 0 aliphatic rings. The molecular formula is C30H34N2O4. The number of rotatable bonds is 9. The predicted molar refractivity (Wildman–Crippen MR) is 144 cm³/mol. The number of ether oxygens (including phenoxy) is 3. The van der Waals surface area contributed by atoms with E-state index in [2.05, 4.69) is 39.8 Å². The Morgan fingerprint density at radius 3 is 2.39 bits per heavy atom. The highest BCUT2D eigenvalue weighted by Gasteiger charge is 2.19. The molecule has 6 heteroatoms. The zero-order chi connectivity index (χ0) is 25.7. The van der Waals surface area contributed by atoms with Crippen LogP contribution in [0.15, 0.2) is 71.5 Å². The third kappa shape index (κ3) is 5.77. The maximum Gasteiger partial charge on any atom is 0.261 e. The molecule has 188 valence electrons. The summed E-state index contributed by atoms with van der Waals surface area (Å²) in [6, 6.07) is 21.2. The predicted octanol–water partition coefficient (Wildman–Crippen LogP) is 5.77. The minimum atomic E-state index is -0.0826. The second-order valence-electron chi connectivity index (χ2n) is 9.85. The number of hydrogen-bond donors (Lipinski definition) is 0. The summed E-state index contributed by atoms with van der Waals surface area (Å²) in [6.45, 7) is 10.2. The van der Waals surface area contributed by atoms with E-state index in [0.717, 1.165) is 17.1 Å². The van der Waals surface area contributed by atoms with Gasteiger partial charge in [0.1, 0.15) is 23.9 Å². The van der Waals surface area contributed by atoms with Crippen molar-refractivity contribution < 1.29 is 14.2 Å². The minimum absolute atomic E-state index is 0.00961. The van der Waals surface area contributed by atoms with Gasteiger partial charge in [-0.25, -0.2) is 4.98 Å². The van der Waals surface area contributed by atoms with Crippen molar-refractivity contribution in [3.8, 4) is 22.9 Å². The van der Waals surface area contributed by atoms with Crippen LogP contribution in [0.4, 0.5) is 0 Å². The smallest absolute Gasteiger partial charge is 0.261 e. The van der Waals surface area contributed by atoms with Crippen molar-refractivity contribution in [1.82, 2.24) is 9.55 Å². The van der Waals surface area contributed by atoms with E-state index in [4.69, 9.17) is 19.2 Å². The number of para-hydroxylation sites is 1. The van der Waals surface area contributed by atoms with Crippen LogP contribution in [-0.4, -0.2) is 36.5 Å². The summed E-state index contributed by atoms with van der Waals surface area (Å²) < 4.78 is 18.9. The molecular weight excluding hydrogens is 452 g/mol. The highest BCUT2D eigenvalue weighted by molar-refractivity contribution is 5.79. The molecule has 0 N–H and O–H groups in total. The van der Waals surface area contributed by atoms with Gasteiger partial charge in [0.05, 0.1) is 37.8 Å². The third-order valence-corrected chi connectivity index (χ3v) is 6.10. The lowest BCUT2D eigenvalue weighted by molar-refractivity contribution is 0.0934. The van der Waals surface area contributed by atoms with Gasteiger partial charge in [-0.05, 0) is 60.4 Å². The van der Waals surface area contributed by atoms with Crippen molar-refractivity contribution in [2.24, 2.45) is 0 Å². The maximum absolute atomic E-state index is 13.3. The summed E-state index contributed by atoms with van der Waals surface area (Å²) in [5, 5.41) is 0.590. The van der Waals surface area contributed by atoms with Crippen LogP contribution in [0.5, 0.6) is 11.5 Å². The Bertz CT molecular complexity index is 1390. The summed E-state index contributed by atoms with van der Waals surface area (Å²) >= 11 is 0. The average molecular weight is 487 g/mol. The standard InChI is InChI=1S/C30H34N2O4/c1-21-10-15-27(25(20-21)30(2,3)4)36-19-18-35-17-16-32-28(22-11-13-23(34-5)14-12-22)31-26-9-7-6-8-24(26)29(32)33/h6-15,20H,16-19H2,1-5H3. The fraction of sp³-hybridized carbons (Fsp3) is 0.333. The Morgan fingerprint density at radius 1 is 0.917 bits per heavy atom. The van der Waals surface area contributed by atoms with Crippen LogP contribution in [0.2, 0.25) is 0 Å². The van der Waals surface area contributed by atoms with Crippen molar-refractivity contribution in [3.63, 3.8) is 0 Å². The maximum atomic E-state index is 13.3. The first-order chi connectivity index (χ1) is 17.3. The number of hydrogen-bond acceptors (Lipinski definition) is 5. The highest BCUT2D eigenvalue weighted by Crippen LogP contribution is 2.32. The van der Waals surface area contributed by atoms with E-state index in [0.29, 0.717) is 43.1 Å². The van der Waals surface area contributed by atoms with E-state index >= 15 is 0 Å². The van der Waals surface area contributed by atoms with Crippen LogP contribution in [0, 0.1) is 6.92 Å². The van der Waals surface area contributed by atoms with Gasteiger partial charge in [-0.2, -0.15) is 0 Å². The number of fused-ring (bicyclic) bond motifs is 1. The van der Waals surface area contributed by atoms with Crippen molar-refractivity contribution in [2.45, 2.75) is 39.7 Å². The Balaban J connectivity index is 1.45. The molecule has 6 nitrogen and oxygen atoms in total. The molecule has 0 bridgehead atoms. The zero-order valence-corrected chi connectivity index (χ0v) is 21.7. The van der Waals surface area contributed by atoms with Crippen LogP contribution < -0.4 is 15.0 Å². The zero-order valence-electron chi connectivity index (χ0n) is 21.7. The lowest BCUT2D eigenvalue weighted by Crippen LogP contribution is -2.26. The van der Waals surface area contributed by atoms with Crippen LogP contribution >= 0.6 is 0 Å². The average Bonchev–Trinajstić information content (AvgIpc) is 2.87. The lowest BCUT2D eigenvalue weighted by Gasteiger charge is -2.23. The molecule has 0 spiro atoms. The molecule has 1 heterocycles. The van der Waals surface area contributed by atoms with Gasteiger partial charge in [0.25, 0.3) is 5.56 Å². The largest absolute Gasteiger partial charge is 0.497 e. The molecule has 4 rings (SSSR count). The SMILES string of the molecule is COc1ccc(-c2nc3ccccc3c(=O)n2CCOCCOc2ccc(C)cc2C(C)(C)C)cc1. The van der Waals surface area contributed by atoms with Gasteiger partial charge in [0, 0.05) is 5.56 Å². The van der Waals surface area contributed by atoms with E-state index in [-0.39, 0.29) is 11.0 Å². The van der Waals surface area contributed by atoms with Crippen molar-refractivity contribution >= 4 is 10.9 Å². The van der Waals surface area contributed by atoms with Gasteiger partial charge >= 0.3 is 0 Å². The minimum Gasteiger partial charge on any atom is -0.497 e. The molecule has 3 aromatic carbocycles. The first-order valence-electron chi connectivity index (χ1n) is 12.2. The number of aromatic nitrogens is 2. The molecule has 0 fully saturated rings. The highest BCUT2D eigenvalue weighted by atomic mass is 16.5. The Labute approximate surface area is 212 Å².